The molecule has 0 unspecified atom stereocenters. The zero-order valence-corrected chi connectivity index (χ0v) is 25.4. The number of carbonyl (C=O) groups is 2. The van der Waals surface area contributed by atoms with Crippen molar-refractivity contribution in [2.45, 2.75) is 71.6 Å². The van der Waals surface area contributed by atoms with Crippen LogP contribution in [0, 0.1) is 17.8 Å². The van der Waals surface area contributed by atoms with Crippen LogP contribution >= 0.6 is 0 Å². The first-order valence-electron chi connectivity index (χ1n) is 14.6. The van der Waals surface area contributed by atoms with E-state index in [1.165, 1.54) is 6.07 Å². The normalized spacial score (nSPS) is 17.7. The summed E-state index contributed by atoms with van der Waals surface area (Å²) in [7, 11) is 1.67. The molecule has 1 heterocycles. The monoisotopic (exact) mass is 575 g/mol. The number of nitrogens with zero attached hydrogens (tertiary/aromatic N) is 2. The van der Waals surface area contributed by atoms with Crippen LogP contribution in [0.25, 0.3) is 11.1 Å². The van der Waals surface area contributed by atoms with E-state index in [1.807, 2.05) is 57.2 Å². The van der Waals surface area contributed by atoms with Crippen molar-refractivity contribution < 1.29 is 23.5 Å². The average Bonchev–Trinajstić information content (AvgIpc) is 3.76. The first-order valence-corrected chi connectivity index (χ1v) is 14.6. The summed E-state index contributed by atoms with van der Waals surface area (Å²) in [4.78, 5) is 32.6. The fraction of sp³-hybridized carbons (Fsp3) is 0.441. The van der Waals surface area contributed by atoms with Crippen LogP contribution in [0.15, 0.2) is 66.7 Å². The van der Waals surface area contributed by atoms with Crippen LogP contribution in [0.5, 0.6) is 0 Å². The third-order valence-corrected chi connectivity index (χ3v) is 7.68. The van der Waals surface area contributed by atoms with Crippen molar-refractivity contribution in [2.75, 3.05) is 18.6 Å². The van der Waals surface area contributed by atoms with Crippen LogP contribution in [0.3, 0.4) is 0 Å². The number of rotatable bonds is 11. The fourth-order valence-corrected chi connectivity index (χ4v) is 5.05. The lowest BCUT2D eigenvalue weighted by Gasteiger charge is -2.32. The first kappa shape index (κ1) is 31.2. The molecule has 1 N–H and O–H groups in total. The highest BCUT2D eigenvalue weighted by Crippen LogP contribution is 2.48. The number of halogens is 1. The van der Waals surface area contributed by atoms with Crippen LogP contribution in [-0.2, 0) is 20.9 Å². The Morgan fingerprint density at radius 2 is 1.69 bits per heavy atom. The molecule has 0 bridgehead atoms. The number of hydrogen-bond acceptors (Lipinski definition) is 5. The quantitative estimate of drug-likeness (QED) is 0.247. The van der Waals surface area contributed by atoms with Gasteiger partial charge in [0.2, 0.25) is 11.9 Å². The number of anilines is 1. The van der Waals surface area contributed by atoms with E-state index in [0.29, 0.717) is 18.7 Å². The number of benzene rings is 2. The van der Waals surface area contributed by atoms with Gasteiger partial charge in [0, 0.05) is 36.9 Å². The van der Waals surface area contributed by atoms with Gasteiger partial charge in [0.25, 0.3) is 0 Å². The van der Waals surface area contributed by atoms with E-state index in [2.05, 4.69) is 36.3 Å². The predicted molar refractivity (Wildman–Crippen MR) is 163 cm³/mol. The number of aromatic nitrogens is 1. The van der Waals surface area contributed by atoms with Gasteiger partial charge in [-0.15, -0.1) is 0 Å². The Balaban J connectivity index is 1.60. The Morgan fingerprint density at radius 3 is 2.26 bits per heavy atom. The molecule has 1 fully saturated rings. The lowest BCUT2D eigenvalue weighted by molar-refractivity contribution is -0.120. The number of ether oxygens (including phenoxy) is 2. The van der Waals surface area contributed by atoms with E-state index < -0.39 is 17.6 Å². The Hall–Kier alpha value is -3.78. The molecule has 1 aromatic heterocycles. The third-order valence-electron chi connectivity index (χ3n) is 7.68. The summed E-state index contributed by atoms with van der Waals surface area (Å²) >= 11 is 0. The van der Waals surface area contributed by atoms with Crippen LogP contribution in [0.2, 0.25) is 0 Å². The second kappa shape index (κ2) is 13.5. The molecule has 3 aromatic rings. The zero-order valence-electron chi connectivity index (χ0n) is 25.4. The summed E-state index contributed by atoms with van der Waals surface area (Å²) in [6.07, 6.45) is 0.894. The standard InChI is InChI=1S/C34H42FN3O4/c1-7-22(2)30(37-33(40)42-34(3,4)5)20-38(32(39)28-19-27(28)29-9-8-10-31(35)36-29)26-17-15-25(16-18-26)24-13-11-23(12-14-24)21-41-6/h8-18,22,27-28,30H,7,19-21H2,1-6H3,(H,37,40)/t22-,27+,28+,30+/m0/s1. The van der Waals surface area contributed by atoms with E-state index in [4.69, 9.17) is 9.47 Å². The van der Waals surface area contributed by atoms with Crippen LogP contribution in [0.4, 0.5) is 14.9 Å². The minimum Gasteiger partial charge on any atom is -0.444 e. The molecule has 1 aliphatic rings. The first-order chi connectivity index (χ1) is 20.0. The molecule has 2 aromatic carbocycles. The van der Waals surface area contributed by atoms with Crippen molar-refractivity contribution in [3.05, 3.63) is 83.9 Å². The second-order valence-electron chi connectivity index (χ2n) is 12.1. The number of methoxy groups -OCH3 is 1. The van der Waals surface area contributed by atoms with Crippen molar-refractivity contribution in [1.82, 2.24) is 10.3 Å². The van der Waals surface area contributed by atoms with Gasteiger partial charge in [-0.25, -0.2) is 9.78 Å². The molecule has 7 nitrogen and oxygen atoms in total. The summed E-state index contributed by atoms with van der Waals surface area (Å²) < 4.78 is 24.6. The number of alkyl carbamates (subject to hydrolysis) is 1. The highest BCUT2D eigenvalue weighted by Gasteiger charge is 2.47. The zero-order chi connectivity index (χ0) is 30.4. The van der Waals surface area contributed by atoms with E-state index >= 15 is 0 Å². The molecule has 42 heavy (non-hydrogen) atoms. The molecule has 0 saturated heterocycles. The van der Waals surface area contributed by atoms with Crippen LogP contribution in [0.1, 0.15) is 64.6 Å². The minimum absolute atomic E-state index is 0.0676. The van der Waals surface area contributed by atoms with Gasteiger partial charge in [-0.05, 0) is 74.1 Å². The number of nitrogens with one attached hydrogen (secondary N) is 1. The SMILES string of the molecule is CC[C@H](C)[C@@H](CN(C(=O)[C@@H]1C[C@H]1c1cccc(F)n1)c1ccc(-c2ccc(COC)cc2)cc1)NC(=O)OC(C)(C)C. The predicted octanol–water partition coefficient (Wildman–Crippen LogP) is 7.11. The van der Waals surface area contributed by atoms with Gasteiger partial charge in [0.05, 0.1) is 12.6 Å². The van der Waals surface area contributed by atoms with Crippen LogP contribution in [-0.4, -0.2) is 42.3 Å². The van der Waals surface area contributed by atoms with E-state index in [1.54, 1.807) is 24.1 Å². The molecule has 1 aliphatic carbocycles. The molecule has 8 heteroatoms. The number of carbonyl (C=O) groups excluding carboxylic acids is 2. The lowest BCUT2D eigenvalue weighted by atomic mass is 9.97. The molecular weight excluding hydrogens is 533 g/mol. The molecule has 1 saturated carbocycles. The maximum absolute atomic E-state index is 14.0. The van der Waals surface area contributed by atoms with Gasteiger partial charge < -0.3 is 19.7 Å². The van der Waals surface area contributed by atoms with Crippen molar-refractivity contribution in [3.8, 4) is 11.1 Å². The van der Waals surface area contributed by atoms with Crippen LogP contribution < -0.4 is 10.2 Å². The Bertz CT molecular complexity index is 1350. The van der Waals surface area contributed by atoms with Crippen molar-refractivity contribution >= 4 is 17.7 Å². The van der Waals surface area contributed by atoms with Crippen molar-refractivity contribution in [1.29, 1.82) is 0 Å². The topological polar surface area (TPSA) is 80.8 Å². The maximum Gasteiger partial charge on any atom is 0.407 e. The summed E-state index contributed by atoms with van der Waals surface area (Å²) in [6.45, 7) is 10.4. The molecule has 4 rings (SSSR count). The molecule has 0 spiro atoms. The van der Waals surface area contributed by atoms with Crippen molar-refractivity contribution in [2.24, 2.45) is 11.8 Å². The maximum atomic E-state index is 14.0. The second-order valence-corrected chi connectivity index (χ2v) is 12.1. The highest BCUT2D eigenvalue weighted by molar-refractivity contribution is 5.97. The van der Waals surface area contributed by atoms with Gasteiger partial charge >= 0.3 is 6.09 Å². The van der Waals surface area contributed by atoms with Gasteiger partial charge in [0.1, 0.15) is 5.60 Å². The molecule has 2 amide bonds. The summed E-state index contributed by atoms with van der Waals surface area (Å²) in [5, 5.41) is 3.01. The number of pyridine rings is 1. The van der Waals surface area contributed by atoms with Gasteiger partial charge in [-0.1, -0.05) is 62.7 Å². The van der Waals surface area contributed by atoms with E-state index in [-0.39, 0.29) is 36.2 Å². The van der Waals surface area contributed by atoms with Gasteiger partial charge in [-0.3, -0.25) is 4.79 Å². The van der Waals surface area contributed by atoms with E-state index in [0.717, 1.165) is 28.8 Å². The summed E-state index contributed by atoms with van der Waals surface area (Å²) in [5.41, 5.74) is 3.85. The summed E-state index contributed by atoms with van der Waals surface area (Å²) in [6, 6.07) is 20.4. The van der Waals surface area contributed by atoms with E-state index in [9.17, 15) is 14.0 Å². The van der Waals surface area contributed by atoms with Gasteiger partial charge in [-0.2, -0.15) is 4.39 Å². The molecule has 4 atom stereocenters. The van der Waals surface area contributed by atoms with Crippen molar-refractivity contribution in [3.63, 3.8) is 0 Å². The molecule has 224 valence electrons. The number of amides is 2. The fourth-order valence-electron chi connectivity index (χ4n) is 5.05. The molecule has 0 radical (unpaired) electrons. The molecular formula is C34H42FN3O4. The largest absolute Gasteiger partial charge is 0.444 e. The number of hydrogen-bond donors (Lipinski definition) is 1. The minimum atomic E-state index is -0.642. The van der Waals surface area contributed by atoms with Gasteiger partial charge in [0.15, 0.2) is 0 Å². The molecule has 0 aliphatic heterocycles. The summed E-state index contributed by atoms with van der Waals surface area (Å²) in [5.74, 6) is -0.987. The average molecular weight is 576 g/mol. The Labute approximate surface area is 248 Å². The lowest BCUT2D eigenvalue weighted by Crippen LogP contribution is -2.50. The third kappa shape index (κ3) is 8.16. The smallest absolute Gasteiger partial charge is 0.407 e. The Morgan fingerprint density at radius 1 is 1.05 bits per heavy atom. The highest BCUT2D eigenvalue weighted by atomic mass is 19.1. The Kier molecular flexibility index (Phi) is 9.99.